The highest BCUT2D eigenvalue weighted by atomic mass is 19.4. The van der Waals surface area contributed by atoms with Gasteiger partial charge < -0.3 is 15.4 Å². The molecule has 1 heterocycles. The predicted molar refractivity (Wildman–Crippen MR) is 102 cm³/mol. The van der Waals surface area contributed by atoms with Gasteiger partial charge in [0.05, 0.1) is 17.2 Å². The fourth-order valence-corrected chi connectivity index (χ4v) is 3.58. The minimum atomic E-state index is -4.37. The summed E-state index contributed by atoms with van der Waals surface area (Å²) in [6.45, 7) is 2.81. The maximum atomic E-state index is 14.1. The molecule has 0 aromatic heterocycles. The molecule has 1 unspecified atom stereocenters. The highest BCUT2D eigenvalue weighted by molar-refractivity contribution is 5.93. The Morgan fingerprint density at radius 1 is 1.24 bits per heavy atom. The lowest BCUT2D eigenvalue weighted by molar-refractivity contribution is -0.137. The van der Waals surface area contributed by atoms with Crippen LogP contribution in [0.1, 0.15) is 41.3 Å². The third kappa shape index (κ3) is 4.63. The molecule has 0 bridgehead atoms. The number of carbonyl (C=O) groups is 1. The molecule has 1 aliphatic heterocycles. The molecule has 29 heavy (non-hydrogen) atoms. The van der Waals surface area contributed by atoms with E-state index in [1.54, 1.807) is 0 Å². The largest absolute Gasteiger partial charge is 0.491 e. The topological polar surface area (TPSA) is 55.6 Å². The van der Waals surface area contributed by atoms with Crippen molar-refractivity contribution in [1.29, 1.82) is 0 Å². The first-order valence-corrected chi connectivity index (χ1v) is 9.39. The molecule has 2 aromatic carbocycles. The van der Waals surface area contributed by atoms with Crippen molar-refractivity contribution in [3.63, 3.8) is 0 Å². The molecular formula is C21H22F4N2O2. The molecule has 0 radical (unpaired) electrons. The van der Waals surface area contributed by atoms with Crippen LogP contribution < -0.4 is 15.4 Å². The molecule has 156 valence electrons. The molecule has 1 aliphatic rings. The Labute approximate surface area is 166 Å². The van der Waals surface area contributed by atoms with Gasteiger partial charge in [-0.3, -0.25) is 4.79 Å². The van der Waals surface area contributed by atoms with Crippen molar-refractivity contribution in [1.82, 2.24) is 0 Å². The number of amides is 1. The molecule has 4 nitrogen and oxygen atoms in total. The van der Waals surface area contributed by atoms with Gasteiger partial charge in [-0.05, 0) is 55.2 Å². The van der Waals surface area contributed by atoms with E-state index in [0.717, 1.165) is 31.0 Å². The molecule has 1 fully saturated rings. The lowest BCUT2D eigenvalue weighted by atomic mass is 10.1. The average molecular weight is 410 g/mol. The summed E-state index contributed by atoms with van der Waals surface area (Å²) in [5.41, 5.74) is 5.67. The number of nitrogens with zero attached hydrogens (tertiary/aromatic N) is 1. The number of anilines is 1. The van der Waals surface area contributed by atoms with Crippen molar-refractivity contribution in [3.8, 4) is 5.75 Å². The number of primary amides is 1. The van der Waals surface area contributed by atoms with Crippen LogP contribution in [-0.2, 0) is 12.6 Å². The van der Waals surface area contributed by atoms with Gasteiger partial charge in [-0.15, -0.1) is 0 Å². The van der Waals surface area contributed by atoms with Gasteiger partial charge in [-0.2, -0.15) is 13.2 Å². The van der Waals surface area contributed by atoms with E-state index in [2.05, 4.69) is 0 Å². The molecule has 2 N–H and O–H groups in total. The third-order valence-electron chi connectivity index (χ3n) is 5.13. The van der Waals surface area contributed by atoms with E-state index < -0.39 is 23.5 Å². The Hall–Kier alpha value is -2.77. The van der Waals surface area contributed by atoms with Crippen LogP contribution >= 0.6 is 0 Å². The summed E-state index contributed by atoms with van der Waals surface area (Å²) in [7, 11) is 0. The SMILES string of the molecule is CCc1cc(C(N)=O)c(F)cc1OCC1CCCN1c1ccc(C(F)(F)F)cc1. The summed E-state index contributed by atoms with van der Waals surface area (Å²) in [5.74, 6) is -1.24. The zero-order valence-corrected chi connectivity index (χ0v) is 15.9. The summed E-state index contributed by atoms with van der Waals surface area (Å²) < 4.78 is 58.3. The van der Waals surface area contributed by atoms with Gasteiger partial charge in [0.1, 0.15) is 18.2 Å². The molecule has 1 amide bonds. The lowest BCUT2D eigenvalue weighted by Crippen LogP contribution is -2.34. The minimum Gasteiger partial charge on any atom is -0.491 e. The second-order valence-electron chi connectivity index (χ2n) is 7.00. The van der Waals surface area contributed by atoms with Crippen molar-refractivity contribution >= 4 is 11.6 Å². The van der Waals surface area contributed by atoms with Crippen LogP contribution in [0.5, 0.6) is 5.75 Å². The number of rotatable bonds is 6. The number of aryl methyl sites for hydroxylation is 1. The average Bonchev–Trinajstić information content (AvgIpc) is 3.14. The maximum Gasteiger partial charge on any atom is 0.416 e. The molecule has 8 heteroatoms. The first-order chi connectivity index (χ1) is 13.7. The van der Waals surface area contributed by atoms with Crippen molar-refractivity contribution in [2.24, 2.45) is 5.73 Å². The third-order valence-corrected chi connectivity index (χ3v) is 5.13. The molecule has 3 rings (SSSR count). The van der Waals surface area contributed by atoms with Crippen molar-refractivity contribution in [3.05, 3.63) is 58.9 Å². The number of halogens is 4. The summed E-state index contributed by atoms with van der Waals surface area (Å²) in [4.78, 5) is 13.3. The Balaban J connectivity index is 1.73. The Morgan fingerprint density at radius 2 is 1.93 bits per heavy atom. The normalized spacial score (nSPS) is 16.9. The second-order valence-corrected chi connectivity index (χ2v) is 7.00. The van der Waals surface area contributed by atoms with Gasteiger partial charge in [0.2, 0.25) is 0 Å². The number of benzene rings is 2. The van der Waals surface area contributed by atoms with E-state index >= 15 is 0 Å². The van der Waals surface area contributed by atoms with E-state index in [0.29, 0.717) is 30.0 Å². The Morgan fingerprint density at radius 3 is 2.52 bits per heavy atom. The van der Waals surface area contributed by atoms with E-state index in [1.807, 2.05) is 11.8 Å². The molecule has 0 saturated carbocycles. The Bertz CT molecular complexity index is 881. The number of hydrogen-bond donors (Lipinski definition) is 1. The quantitative estimate of drug-likeness (QED) is 0.711. The van der Waals surface area contributed by atoms with Crippen LogP contribution in [0.2, 0.25) is 0 Å². The molecule has 0 spiro atoms. The van der Waals surface area contributed by atoms with E-state index in [1.165, 1.54) is 18.2 Å². The second kappa shape index (κ2) is 8.31. The molecule has 1 saturated heterocycles. The smallest absolute Gasteiger partial charge is 0.416 e. The molecular weight excluding hydrogens is 388 g/mol. The van der Waals surface area contributed by atoms with E-state index in [-0.39, 0.29) is 18.2 Å². The summed E-state index contributed by atoms with van der Waals surface area (Å²) in [6, 6.07) is 7.57. The van der Waals surface area contributed by atoms with Crippen molar-refractivity contribution in [2.45, 2.75) is 38.4 Å². The van der Waals surface area contributed by atoms with Gasteiger partial charge in [-0.1, -0.05) is 6.92 Å². The summed E-state index contributed by atoms with van der Waals surface area (Å²) in [6.07, 6.45) is -2.15. The zero-order chi connectivity index (χ0) is 21.2. The van der Waals surface area contributed by atoms with Gasteiger partial charge >= 0.3 is 6.18 Å². The zero-order valence-electron chi connectivity index (χ0n) is 15.9. The van der Waals surface area contributed by atoms with Crippen LogP contribution in [0.25, 0.3) is 0 Å². The summed E-state index contributed by atoms with van der Waals surface area (Å²) >= 11 is 0. The number of hydrogen-bond acceptors (Lipinski definition) is 3. The maximum absolute atomic E-state index is 14.1. The number of ether oxygens (including phenoxy) is 1. The first-order valence-electron chi connectivity index (χ1n) is 9.39. The highest BCUT2D eigenvalue weighted by Crippen LogP contribution is 2.33. The number of nitrogens with two attached hydrogens (primary N) is 1. The standard InChI is InChI=1S/C21H22F4N2O2/c1-2-13-10-17(20(26)28)18(22)11-19(13)29-12-16-4-3-9-27(16)15-7-5-14(6-8-15)21(23,24)25/h5-8,10-11,16H,2-4,9,12H2,1H3,(H2,26,28). The molecule has 2 aromatic rings. The fourth-order valence-electron chi connectivity index (χ4n) is 3.58. The predicted octanol–water partition coefficient (Wildman–Crippen LogP) is 4.55. The van der Waals surface area contributed by atoms with Crippen LogP contribution in [-0.4, -0.2) is 25.1 Å². The van der Waals surface area contributed by atoms with Crippen LogP contribution in [0.15, 0.2) is 36.4 Å². The van der Waals surface area contributed by atoms with E-state index in [9.17, 15) is 22.4 Å². The Kier molecular flexibility index (Phi) is 6.00. The number of carbonyl (C=O) groups excluding carboxylic acids is 1. The summed E-state index contributed by atoms with van der Waals surface area (Å²) in [5, 5.41) is 0. The fraction of sp³-hybridized carbons (Fsp3) is 0.381. The number of alkyl halides is 3. The van der Waals surface area contributed by atoms with Gasteiger partial charge in [-0.25, -0.2) is 4.39 Å². The van der Waals surface area contributed by atoms with Gasteiger partial charge in [0.25, 0.3) is 5.91 Å². The molecule has 1 atom stereocenters. The first kappa shape index (κ1) is 21.0. The minimum absolute atomic E-state index is 0.0460. The van der Waals surface area contributed by atoms with Gasteiger partial charge in [0.15, 0.2) is 0 Å². The van der Waals surface area contributed by atoms with Crippen molar-refractivity contribution < 1.29 is 27.1 Å². The van der Waals surface area contributed by atoms with E-state index in [4.69, 9.17) is 10.5 Å². The van der Waals surface area contributed by atoms with Crippen LogP contribution in [0, 0.1) is 5.82 Å². The lowest BCUT2D eigenvalue weighted by Gasteiger charge is -2.27. The van der Waals surface area contributed by atoms with Crippen LogP contribution in [0.3, 0.4) is 0 Å². The van der Waals surface area contributed by atoms with Crippen LogP contribution in [0.4, 0.5) is 23.2 Å². The van der Waals surface area contributed by atoms with Gasteiger partial charge in [0, 0.05) is 18.3 Å². The monoisotopic (exact) mass is 410 g/mol. The molecule has 0 aliphatic carbocycles. The highest BCUT2D eigenvalue weighted by Gasteiger charge is 2.31. The van der Waals surface area contributed by atoms with Crippen molar-refractivity contribution in [2.75, 3.05) is 18.1 Å².